The summed E-state index contributed by atoms with van der Waals surface area (Å²) >= 11 is 0. The average Bonchev–Trinajstić information content (AvgIpc) is 2.93. The van der Waals surface area contributed by atoms with Gasteiger partial charge in [-0.05, 0) is 72.4 Å². The number of methoxy groups -OCH3 is 2. The van der Waals surface area contributed by atoms with Gasteiger partial charge in [0.2, 0.25) is 5.91 Å². The molecule has 2 amide bonds. The van der Waals surface area contributed by atoms with E-state index in [1.165, 1.54) is 0 Å². The molecule has 0 bridgehead atoms. The molecule has 0 spiro atoms. The SMILES string of the molecule is COc1ccc(C2C(C(=O)N3CCCC(C)C3)c3ccccc3C(=O)N2c2ccc(OC)cc2)cc1. The Hall–Kier alpha value is -3.80. The fourth-order valence-electron chi connectivity index (χ4n) is 5.56. The van der Waals surface area contributed by atoms with Crippen molar-refractivity contribution < 1.29 is 19.1 Å². The maximum absolute atomic E-state index is 14.3. The number of piperidine rings is 1. The Labute approximate surface area is 212 Å². The van der Waals surface area contributed by atoms with E-state index in [1.54, 1.807) is 19.1 Å². The summed E-state index contributed by atoms with van der Waals surface area (Å²) in [6.07, 6.45) is 2.12. The molecule has 1 fully saturated rings. The fourth-order valence-corrected chi connectivity index (χ4v) is 5.56. The third kappa shape index (κ3) is 4.32. The monoisotopic (exact) mass is 484 g/mol. The molecule has 6 heteroatoms. The van der Waals surface area contributed by atoms with Gasteiger partial charge in [-0.1, -0.05) is 37.3 Å². The van der Waals surface area contributed by atoms with Crippen molar-refractivity contribution >= 4 is 17.5 Å². The lowest BCUT2D eigenvalue weighted by Gasteiger charge is -2.44. The van der Waals surface area contributed by atoms with Crippen LogP contribution in [0.1, 0.15) is 53.2 Å². The normalized spacial score (nSPS) is 21.6. The van der Waals surface area contributed by atoms with E-state index >= 15 is 0 Å². The van der Waals surface area contributed by atoms with Crippen molar-refractivity contribution in [1.82, 2.24) is 4.90 Å². The first-order valence-corrected chi connectivity index (χ1v) is 12.5. The van der Waals surface area contributed by atoms with Crippen molar-refractivity contribution in [3.05, 3.63) is 89.5 Å². The zero-order valence-electron chi connectivity index (χ0n) is 21.0. The zero-order chi connectivity index (χ0) is 25.2. The summed E-state index contributed by atoms with van der Waals surface area (Å²) in [6.45, 7) is 3.68. The summed E-state index contributed by atoms with van der Waals surface area (Å²) in [6, 6.07) is 22.2. The molecule has 0 aliphatic carbocycles. The van der Waals surface area contributed by atoms with Crippen molar-refractivity contribution in [3.63, 3.8) is 0 Å². The van der Waals surface area contributed by atoms with Crippen LogP contribution < -0.4 is 14.4 Å². The molecule has 6 nitrogen and oxygen atoms in total. The van der Waals surface area contributed by atoms with Crippen LogP contribution in [-0.2, 0) is 4.79 Å². The molecule has 0 saturated carbocycles. The number of carbonyl (C=O) groups is 2. The average molecular weight is 485 g/mol. The van der Waals surface area contributed by atoms with Crippen LogP contribution in [0.4, 0.5) is 5.69 Å². The molecule has 3 aromatic carbocycles. The number of fused-ring (bicyclic) bond motifs is 1. The van der Waals surface area contributed by atoms with E-state index in [0.29, 0.717) is 17.2 Å². The van der Waals surface area contributed by atoms with Gasteiger partial charge in [0, 0.05) is 24.3 Å². The maximum atomic E-state index is 14.3. The third-order valence-corrected chi connectivity index (χ3v) is 7.38. The van der Waals surface area contributed by atoms with E-state index in [2.05, 4.69) is 6.92 Å². The van der Waals surface area contributed by atoms with Crippen molar-refractivity contribution in [3.8, 4) is 11.5 Å². The largest absolute Gasteiger partial charge is 0.497 e. The summed E-state index contributed by atoms with van der Waals surface area (Å²) in [4.78, 5) is 32.1. The zero-order valence-corrected chi connectivity index (χ0v) is 21.0. The molecular weight excluding hydrogens is 452 g/mol. The molecule has 0 N–H and O–H groups in total. The molecule has 2 aliphatic heterocycles. The highest BCUT2D eigenvalue weighted by Gasteiger charge is 2.46. The Morgan fingerprint density at radius 1 is 0.889 bits per heavy atom. The van der Waals surface area contributed by atoms with Gasteiger partial charge in [0.25, 0.3) is 5.91 Å². The Morgan fingerprint density at radius 3 is 2.17 bits per heavy atom. The van der Waals surface area contributed by atoms with Crippen LogP contribution in [0.25, 0.3) is 0 Å². The second-order valence-corrected chi connectivity index (χ2v) is 9.69. The van der Waals surface area contributed by atoms with Gasteiger partial charge in [-0.3, -0.25) is 14.5 Å². The molecule has 186 valence electrons. The van der Waals surface area contributed by atoms with E-state index in [-0.39, 0.29) is 11.8 Å². The molecule has 2 aliphatic rings. The molecule has 0 radical (unpaired) electrons. The minimum absolute atomic E-state index is 0.0702. The molecular formula is C30H32N2O4. The summed E-state index contributed by atoms with van der Waals surface area (Å²) in [5.74, 6) is 1.32. The van der Waals surface area contributed by atoms with Crippen LogP contribution in [0.5, 0.6) is 11.5 Å². The van der Waals surface area contributed by atoms with E-state index in [4.69, 9.17) is 9.47 Å². The molecule has 3 unspecified atom stereocenters. The minimum Gasteiger partial charge on any atom is -0.497 e. The van der Waals surface area contributed by atoms with Gasteiger partial charge in [0.15, 0.2) is 0 Å². The van der Waals surface area contributed by atoms with Gasteiger partial charge < -0.3 is 14.4 Å². The second kappa shape index (κ2) is 10.1. The molecule has 5 rings (SSSR count). The smallest absolute Gasteiger partial charge is 0.259 e. The third-order valence-electron chi connectivity index (χ3n) is 7.38. The highest BCUT2D eigenvalue weighted by atomic mass is 16.5. The molecule has 3 atom stereocenters. The van der Waals surface area contributed by atoms with E-state index < -0.39 is 12.0 Å². The Bertz CT molecular complexity index is 1240. The first-order chi connectivity index (χ1) is 17.5. The first kappa shape index (κ1) is 23.9. The number of amides is 2. The Balaban J connectivity index is 1.69. The lowest BCUT2D eigenvalue weighted by atomic mass is 9.78. The highest BCUT2D eigenvalue weighted by molar-refractivity contribution is 6.11. The van der Waals surface area contributed by atoms with Gasteiger partial charge >= 0.3 is 0 Å². The second-order valence-electron chi connectivity index (χ2n) is 9.69. The lowest BCUT2D eigenvalue weighted by Crippen LogP contribution is -2.50. The molecule has 2 heterocycles. The minimum atomic E-state index is -0.528. The van der Waals surface area contributed by atoms with Gasteiger partial charge in [0.05, 0.1) is 26.2 Å². The molecule has 3 aromatic rings. The van der Waals surface area contributed by atoms with Gasteiger partial charge in [-0.15, -0.1) is 0 Å². The number of likely N-dealkylation sites (tertiary alicyclic amines) is 1. The number of rotatable bonds is 5. The number of anilines is 1. The predicted molar refractivity (Wildman–Crippen MR) is 140 cm³/mol. The number of hydrogen-bond acceptors (Lipinski definition) is 4. The van der Waals surface area contributed by atoms with E-state index in [1.807, 2.05) is 77.7 Å². The number of benzene rings is 3. The summed E-state index contributed by atoms with van der Waals surface area (Å²) in [5, 5.41) is 0. The standard InChI is InChI=1S/C30H32N2O4/c1-20-7-6-18-31(19-20)30(34)27-25-8-4-5-9-26(25)29(33)32(22-12-16-24(36-3)17-13-22)28(27)21-10-14-23(35-2)15-11-21/h4-5,8-17,20,27-28H,6-7,18-19H2,1-3H3. The summed E-state index contributed by atoms with van der Waals surface area (Å²) in [7, 11) is 3.24. The van der Waals surface area contributed by atoms with Crippen molar-refractivity contribution in [2.24, 2.45) is 5.92 Å². The number of hydrogen-bond donors (Lipinski definition) is 0. The highest BCUT2D eigenvalue weighted by Crippen LogP contribution is 2.46. The maximum Gasteiger partial charge on any atom is 0.259 e. The van der Waals surface area contributed by atoms with Crippen molar-refractivity contribution in [1.29, 1.82) is 0 Å². The van der Waals surface area contributed by atoms with E-state index in [9.17, 15) is 9.59 Å². The fraction of sp³-hybridized carbons (Fsp3) is 0.333. The lowest BCUT2D eigenvalue weighted by molar-refractivity contribution is -0.135. The number of carbonyl (C=O) groups excluding carboxylic acids is 2. The quantitative estimate of drug-likeness (QED) is 0.483. The van der Waals surface area contributed by atoms with Gasteiger partial charge in [0.1, 0.15) is 11.5 Å². The molecule has 0 aromatic heterocycles. The van der Waals surface area contributed by atoms with E-state index in [0.717, 1.165) is 48.5 Å². The predicted octanol–water partition coefficient (Wildman–Crippen LogP) is 5.45. The molecule has 1 saturated heterocycles. The van der Waals surface area contributed by atoms with Crippen LogP contribution in [0, 0.1) is 5.92 Å². The van der Waals surface area contributed by atoms with Crippen molar-refractivity contribution in [2.75, 3.05) is 32.2 Å². The van der Waals surface area contributed by atoms with Gasteiger partial charge in [-0.25, -0.2) is 0 Å². The molecule has 36 heavy (non-hydrogen) atoms. The van der Waals surface area contributed by atoms with Crippen LogP contribution in [0.15, 0.2) is 72.8 Å². The number of ether oxygens (including phenoxy) is 2. The van der Waals surface area contributed by atoms with Crippen LogP contribution >= 0.6 is 0 Å². The van der Waals surface area contributed by atoms with Crippen LogP contribution in [0.2, 0.25) is 0 Å². The first-order valence-electron chi connectivity index (χ1n) is 12.5. The summed E-state index contributed by atoms with van der Waals surface area (Å²) < 4.78 is 10.7. The number of nitrogens with zero attached hydrogens (tertiary/aromatic N) is 2. The topological polar surface area (TPSA) is 59.1 Å². The Kier molecular flexibility index (Phi) is 6.68. The van der Waals surface area contributed by atoms with Gasteiger partial charge in [-0.2, -0.15) is 0 Å². The van der Waals surface area contributed by atoms with Crippen molar-refractivity contribution in [2.45, 2.75) is 31.7 Å². The van der Waals surface area contributed by atoms with Crippen LogP contribution in [0.3, 0.4) is 0 Å². The van der Waals surface area contributed by atoms with Crippen LogP contribution in [-0.4, -0.2) is 44.0 Å². The summed E-state index contributed by atoms with van der Waals surface area (Å²) in [5.41, 5.74) is 2.97. The Morgan fingerprint density at radius 2 is 1.53 bits per heavy atom.